The van der Waals surface area contributed by atoms with Crippen molar-refractivity contribution < 1.29 is 4.79 Å². The van der Waals surface area contributed by atoms with Crippen LogP contribution >= 0.6 is 0 Å². The zero-order valence-electron chi connectivity index (χ0n) is 9.26. The zero-order valence-corrected chi connectivity index (χ0v) is 9.26. The van der Waals surface area contributed by atoms with Crippen molar-refractivity contribution in [2.24, 2.45) is 0 Å². The van der Waals surface area contributed by atoms with E-state index in [-0.39, 0.29) is 5.54 Å². The highest BCUT2D eigenvalue weighted by Crippen LogP contribution is 2.26. The minimum atomic E-state index is 0.198. The molecule has 0 bridgehead atoms. The van der Waals surface area contributed by atoms with Crippen LogP contribution in [0.4, 0.5) is 0 Å². The molecule has 0 aromatic heterocycles. The molecule has 0 radical (unpaired) electrons. The average Bonchev–Trinajstić information content (AvgIpc) is 2.34. The van der Waals surface area contributed by atoms with Crippen LogP contribution in [0, 0.1) is 0 Å². The highest BCUT2D eigenvalue weighted by Gasteiger charge is 2.32. The maximum atomic E-state index is 11.2. The highest BCUT2D eigenvalue weighted by atomic mass is 16.1. The van der Waals surface area contributed by atoms with Crippen LogP contribution in [-0.2, 0) is 4.79 Å². The summed E-state index contributed by atoms with van der Waals surface area (Å²) in [5.41, 5.74) is 0.198. The predicted octanol–water partition coefficient (Wildman–Crippen LogP) is 2.23. The second-order valence-corrected chi connectivity index (χ2v) is 4.89. The first kappa shape index (κ1) is 10.7. The van der Waals surface area contributed by atoms with Gasteiger partial charge in [-0.15, -0.1) is 0 Å². The van der Waals surface area contributed by atoms with Gasteiger partial charge >= 0.3 is 0 Å². The molecule has 0 saturated heterocycles. The summed E-state index contributed by atoms with van der Waals surface area (Å²) in [5.74, 6) is 0.438. The van der Waals surface area contributed by atoms with Crippen molar-refractivity contribution in [1.82, 2.24) is 4.90 Å². The number of carbonyl (C=O) groups is 1. The molecule has 1 rings (SSSR count). The van der Waals surface area contributed by atoms with E-state index in [2.05, 4.69) is 32.6 Å². The molecule has 0 aromatic rings. The molecular formula is C11H21NO. The van der Waals surface area contributed by atoms with Gasteiger partial charge in [0.2, 0.25) is 0 Å². The van der Waals surface area contributed by atoms with Crippen molar-refractivity contribution in [1.29, 1.82) is 0 Å². The van der Waals surface area contributed by atoms with Crippen LogP contribution in [-0.4, -0.2) is 28.8 Å². The fourth-order valence-corrected chi connectivity index (χ4v) is 2.34. The van der Waals surface area contributed by atoms with E-state index in [4.69, 9.17) is 0 Å². The van der Waals surface area contributed by atoms with E-state index in [1.165, 1.54) is 0 Å². The Kier molecular flexibility index (Phi) is 3.12. The van der Waals surface area contributed by atoms with Crippen molar-refractivity contribution in [2.75, 3.05) is 6.54 Å². The highest BCUT2D eigenvalue weighted by molar-refractivity contribution is 5.81. The Hall–Kier alpha value is -0.370. The predicted molar refractivity (Wildman–Crippen MR) is 54.8 cm³/mol. The summed E-state index contributed by atoms with van der Waals surface area (Å²) < 4.78 is 0. The molecular weight excluding hydrogens is 162 g/mol. The van der Waals surface area contributed by atoms with Crippen LogP contribution in [0.15, 0.2) is 0 Å². The van der Waals surface area contributed by atoms with Crippen molar-refractivity contribution in [3.63, 3.8) is 0 Å². The third kappa shape index (κ3) is 2.53. The number of Topliss-reactive ketones (excluding diaryl/α,β-unsaturated/α-hetero) is 1. The maximum Gasteiger partial charge on any atom is 0.134 e. The molecule has 0 N–H and O–H groups in total. The Bertz CT molecular complexity index is 193. The van der Waals surface area contributed by atoms with Gasteiger partial charge in [0.1, 0.15) is 5.78 Å². The summed E-state index contributed by atoms with van der Waals surface area (Å²) in [5, 5.41) is 0. The zero-order chi connectivity index (χ0) is 10.1. The second-order valence-electron chi connectivity index (χ2n) is 4.89. The van der Waals surface area contributed by atoms with Crippen LogP contribution in [0.25, 0.3) is 0 Å². The Morgan fingerprint density at radius 3 is 2.38 bits per heavy atom. The molecule has 0 aromatic carbocycles. The summed E-state index contributed by atoms with van der Waals surface area (Å²) in [7, 11) is 0. The lowest BCUT2D eigenvalue weighted by molar-refractivity contribution is -0.117. The van der Waals surface area contributed by atoms with Gasteiger partial charge in [-0.25, -0.2) is 0 Å². The fraction of sp³-hybridized carbons (Fsp3) is 0.909. The molecule has 1 fully saturated rings. The van der Waals surface area contributed by atoms with Crippen molar-refractivity contribution in [3.8, 4) is 0 Å². The van der Waals surface area contributed by atoms with E-state index in [1.807, 2.05) is 0 Å². The van der Waals surface area contributed by atoms with Crippen LogP contribution in [0.1, 0.15) is 47.0 Å². The van der Waals surface area contributed by atoms with Gasteiger partial charge in [-0.3, -0.25) is 9.69 Å². The van der Waals surface area contributed by atoms with Crippen LogP contribution in [0.3, 0.4) is 0 Å². The summed E-state index contributed by atoms with van der Waals surface area (Å²) >= 11 is 0. The van der Waals surface area contributed by atoms with Crippen molar-refractivity contribution >= 4 is 5.78 Å². The molecule has 1 saturated carbocycles. The Morgan fingerprint density at radius 2 is 2.08 bits per heavy atom. The minimum absolute atomic E-state index is 0.198. The Balaban J connectivity index is 2.62. The first-order valence-electron chi connectivity index (χ1n) is 5.23. The first-order valence-corrected chi connectivity index (χ1v) is 5.23. The third-order valence-electron chi connectivity index (χ3n) is 2.86. The average molecular weight is 183 g/mol. The van der Waals surface area contributed by atoms with E-state index >= 15 is 0 Å². The minimum Gasteiger partial charge on any atom is -0.300 e. The third-order valence-corrected chi connectivity index (χ3v) is 2.86. The quantitative estimate of drug-likeness (QED) is 0.654. The molecule has 0 amide bonds. The van der Waals surface area contributed by atoms with Gasteiger partial charge < -0.3 is 0 Å². The standard InChI is InChI=1S/C11H21NO/c1-5-12(11(2,3)4)9-6-7-10(13)8-9/h9H,5-8H2,1-4H3. The molecule has 1 aliphatic rings. The Labute approximate surface area is 81.3 Å². The molecule has 0 heterocycles. The molecule has 76 valence electrons. The van der Waals surface area contributed by atoms with Crippen molar-refractivity contribution in [3.05, 3.63) is 0 Å². The molecule has 2 heteroatoms. The molecule has 1 aliphatic carbocycles. The lowest BCUT2D eigenvalue weighted by Gasteiger charge is -2.39. The largest absolute Gasteiger partial charge is 0.300 e. The molecule has 2 nitrogen and oxygen atoms in total. The van der Waals surface area contributed by atoms with Gasteiger partial charge in [0.05, 0.1) is 0 Å². The van der Waals surface area contributed by atoms with Crippen LogP contribution in [0.5, 0.6) is 0 Å². The number of carbonyl (C=O) groups excluding carboxylic acids is 1. The molecule has 0 aliphatic heterocycles. The van der Waals surface area contributed by atoms with Gasteiger partial charge in [0.15, 0.2) is 0 Å². The summed E-state index contributed by atoms with van der Waals surface area (Å²) in [6.45, 7) is 9.88. The lowest BCUT2D eigenvalue weighted by atomic mass is 10.0. The smallest absolute Gasteiger partial charge is 0.134 e. The van der Waals surface area contributed by atoms with E-state index in [9.17, 15) is 4.79 Å². The number of nitrogens with zero attached hydrogens (tertiary/aromatic N) is 1. The van der Waals surface area contributed by atoms with Gasteiger partial charge in [-0.05, 0) is 33.7 Å². The number of rotatable bonds is 2. The summed E-state index contributed by atoms with van der Waals surface area (Å²) in [6.07, 6.45) is 2.62. The van der Waals surface area contributed by atoms with Crippen LogP contribution in [0.2, 0.25) is 0 Å². The fourth-order valence-electron chi connectivity index (χ4n) is 2.34. The molecule has 1 unspecified atom stereocenters. The van der Waals surface area contributed by atoms with E-state index in [0.717, 1.165) is 25.8 Å². The van der Waals surface area contributed by atoms with Crippen LogP contribution < -0.4 is 0 Å². The van der Waals surface area contributed by atoms with E-state index in [1.54, 1.807) is 0 Å². The van der Waals surface area contributed by atoms with E-state index < -0.39 is 0 Å². The van der Waals surface area contributed by atoms with Gasteiger partial charge in [0.25, 0.3) is 0 Å². The second kappa shape index (κ2) is 3.79. The summed E-state index contributed by atoms with van der Waals surface area (Å²) in [4.78, 5) is 13.6. The lowest BCUT2D eigenvalue weighted by Crippen LogP contribution is -2.47. The van der Waals surface area contributed by atoms with Gasteiger partial charge in [-0.2, -0.15) is 0 Å². The van der Waals surface area contributed by atoms with Gasteiger partial charge in [0, 0.05) is 24.4 Å². The normalized spacial score (nSPS) is 24.4. The van der Waals surface area contributed by atoms with Crippen molar-refractivity contribution in [2.45, 2.75) is 58.5 Å². The van der Waals surface area contributed by atoms with Gasteiger partial charge in [-0.1, -0.05) is 6.92 Å². The molecule has 1 atom stereocenters. The number of ketones is 1. The molecule has 13 heavy (non-hydrogen) atoms. The molecule has 0 spiro atoms. The van der Waals surface area contributed by atoms with E-state index in [0.29, 0.717) is 11.8 Å². The first-order chi connectivity index (χ1) is 5.95. The SMILES string of the molecule is CCN(C1CCC(=O)C1)C(C)(C)C. The number of hydrogen-bond acceptors (Lipinski definition) is 2. The maximum absolute atomic E-state index is 11.2. The Morgan fingerprint density at radius 1 is 1.46 bits per heavy atom. The topological polar surface area (TPSA) is 20.3 Å². The monoisotopic (exact) mass is 183 g/mol. The number of hydrogen-bond donors (Lipinski definition) is 0. The summed E-state index contributed by atoms with van der Waals surface area (Å²) in [6, 6.07) is 0.498.